The molecule has 1 amide bonds. The van der Waals surface area contributed by atoms with Crippen molar-refractivity contribution in [2.24, 2.45) is 0 Å². The average molecular weight is 215 g/mol. The minimum atomic E-state index is -0.0998. The van der Waals surface area contributed by atoms with Crippen molar-refractivity contribution < 1.29 is 4.79 Å². The van der Waals surface area contributed by atoms with Gasteiger partial charge in [0.1, 0.15) is 0 Å². The lowest BCUT2D eigenvalue weighted by molar-refractivity contribution is -0.130. The molecule has 0 rings (SSSR count). The molecule has 0 aromatic heterocycles. The monoisotopic (exact) mass is 215 g/mol. The molecule has 2 unspecified atom stereocenters. The molecule has 0 aliphatic heterocycles. The Kier molecular flexibility index (Phi) is 6.52. The van der Waals surface area contributed by atoms with Crippen LogP contribution in [0.15, 0.2) is 0 Å². The van der Waals surface area contributed by atoms with E-state index in [1.807, 2.05) is 6.92 Å². The molecule has 0 radical (unpaired) electrons. The van der Waals surface area contributed by atoms with E-state index in [0.717, 1.165) is 13.0 Å². The van der Waals surface area contributed by atoms with Crippen molar-refractivity contribution in [2.75, 3.05) is 34.7 Å². The summed E-state index contributed by atoms with van der Waals surface area (Å²) < 4.78 is 0. The zero-order valence-electron chi connectivity index (χ0n) is 10.9. The molecule has 0 bridgehead atoms. The van der Waals surface area contributed by atoms with E-state index in [1.165, 1.54) is 0 Å². The average Bonchev–Trinajstić information content (AvgIpc) is 2.13. The summed E-state index contributed by atoms with van der Waals surface area (Å²) in [6.07, 6.45) is 1.05. The molecule has 2 atom stereocenters. The number of carbonyl (C=O) groups excluding carboxylic acids is 1. The van der Waals surface area contributed by atoms with Crippen molar-refractivity contribution in [3.05, 3.63) is 0 Å². The molecule has 0 saturated carbocycles. The van der Waals surface area contributed by atoms with Gasteiger partial charge < -0.3 is 15.1 Å². The van der Waals surface area contributed by atoms with Gasteiger partial charge in [0.2, 0.25) is 5.91 Å². The van der Waals surface area contributed by atoms with Gasteiger partial charge in [-0.25, -0.2) is 0 Å². The summed E-state index contributed by atoms with van der Waals surface area (Å²) >= 11 is 0. The van der Waals surface area contributed by atoms with Gasteiger partial charge >= 0.3 is 0 Å². The molecule has 0 aromatic rings. The Labute approximate surface area is 93.6 Å². The van der Waals surface area contributed by atoms with E-state index in [4.69, 9.17) is 0 Å². The number of hydrogen-bond acceptors (Lipinski definition) is 3. The van der Waals surface area contributed by atoms with Crippen molar-refractivity contribution in [1.29, 1.82) is 0 Å². The van der Waals surface area contributed by atoms with Gasteiger partial charge in [0.25, 0.3) is 0 Å². The SMILES string of the molecule is CC(CCN(C)C)NC(C)C(=O)N(C)C. The second-order valence-electron chi connectivity index (χ2n) is 4.61. The molecule has 1 N–H and O–H groups in total. The molecule has 0 aliphatic carbocycles. The number of carbonyl (C=O) groups is 1. The van der Waals surface area contributed by atoms with E-state index in [0.29, 0.717) is 6.04 Å². The molecular weight excluding hydrogens is 190 g/mol. The highest BCUT2D eigenvalue weighted by Crippen LogP contribution is 1.96. The largest absolute Gasteiger partial charge is 0.347 e. The maximum atomic E-state index is 11.6. The fraction of sp³-hybridized carbons (Fsp3) is 0.909. The Morgan fingerprint density at radius 1 is 1.20 bits per heavy atom. The fourth-order valence-corrected chi connectivity index (χ4v) is 1.42. The van der Waals surface area contributed by atoms with Crippen LogP contribution in [0.1, 0.15) is 20.3 Å². The summed E-state index contributed by atoms with van der Waals surface area (Å²) in [6.45, 7) is 5.06. The molecule has 4 heteroatoms. The number of likely N-dealkylation sites (N-methyl/N-ethyl adjacent to an activating group) is 1. The first-order valence-corrected chi connectivity index (χ1v) is 5.46. The first kappa shape index (κ1) is 14.4. The number of amides is 1. The van der Waals surface area contributed by atoms with Crippen LogP contribution in [0, 0.1) is 0 Å². The third-order valence-corrected chi connectivity index (χ3v) is 2.36. The molecule has 0 spiro atoms. The fourth-order valence-electron chi connectivity index (χ4n) is 1.42. The quantitative estimate of drug-likeness (QED) is 0.696. The molecule has 0 saturated heterocycles. The maximum absolute atomic E-state index is 11.6. The van der Waals surface area contributed by atoms with Crippen LogP contribution in [0.4, 0.5) is 0 Å². The molecule has 0 aromatic carbocycles. The van der Waals surface area contributed by atoms with Gasteiger partial charge in [0.15, 0.2) is 0 Å². The number of hydrogen-bond donors (Lipinski definition) is 1. The van der Waals surface area contributed by atoms with Crippen LogP contribution in [0.3, 0.4) is 0 Å². The van der Waals surface area contributed by atoms with E-state index >= 15 is 0 Å². The Balaban J connectivity index is 3.85. The number of rotatable bonds is 6. The molecule has 0 fully saturated rings. The van der Waals surface area contributed by atoms with E-state index in [9.17, 15) is 4.79 Å². The van der Waals surface area contributed by atoms with E-state index in [-0.39, 0.29) is 11.9 Å². The van der Waals surface area contributed by atoms with Crippen LogP contribution >= 0.6 is 0 Å². The van der Waals surface area contributed by atoms with Gasteiger partial charge in [-0.2, -0.15) is 0 Å². The highest BCUT2D eigenvalue weighted by atomic mass is 16.2. The van der Waals surface area contributed by atoms with Gasteiger partial charge in [0, 0.05) is 20.1 Å². The summed E-state index contributed by atoms with van der Waals surface area (Å²) in [4.78, 5) is 15.3. The minimum Gasteiger partial charge on any atom is -0.347 e. The zero-order chi connectivity index (χ0) is 12.0. The predicted octanol–water partition coefficient (Wildman–Crippen LogP) is 0.393. The second kappa shape index (κ2) is 6.80. The third-order valence-electron chi connectivity index (χ3n) is 2.36. The van der Waals surface area contributed by atoms with Gasteiger partial charge in [-0.1, -0.05) is 0 Å². The van der Waals surface area contributed by atoms with Crippen LogP contribution in [0.2, 0.25) is 0 Å². The summed E-state index contributed by atoms with van der Waals surface area (Å²) in [5, 5.41) is 3.30. The Hall–Kier alpha value is -0.610. The summed E-state index contributed by atoms with van der Waals surface area (Å²) in [5.74, 6) is 0.131. The molecule has 90 valence electrons. The van der Waals surface area contributed by atoms with Crippen LogP contribution in [-0.4, -0.2) is 62.5 Å². The van der Waals surface area contributed by atoms with E-state index in [1.54, 1.807) is 19.0 Å². The number of nitrogens with zero attached hydrogens (tertiary/aromatic N) is 2. The molecule has 15 heavy (non-hydrogen) atoms. The van der Waals surface area contributed by atoms with Crippen LogP contribution in [0.5, 0.6) is 0 Å². The topological polar surface area (TPSA) is 35.6 Å². The van der Waals surface area contributed by atoms with Crippen molar-refractivity contribution in [1.82, 2.24) is 15.1 Å². The first-order chi connectivity index (χ1) is 6.84. The predicted molar refractivity (Wildman–Crippen MR) is 63.9 cm³/mol. The molecule has 0 aliphatic rings. The molecule has 0 heterocycles. The van der Waals surface area contributed by atoms with Crippen LogP contribution in [-0.2, 0) is 4.79 Å². The lowest BCUT2D eigenvalue weighted by Crippen LogP contribution is -2.45. The van der Waals surface area contributed by atoms with Crippen LogP contribution < -0.4 is 5.32 Å². The second-order valence-corrected chi connectivity index (χ2v) is 4.61. The Morgan fingerprint density at radius 2 is 1.73 bits per heavy atom. The lowest BCUT2D eigenvalue weighted by Gasteiger charge is -2.23. The summed E-state index contributed by atoms with van der Waals surface area (Å²) in [7, 11) is 7.68. The van der Waals surface area contributed by atoms with Crippen LogP contribution in [0.25, 0.3) is 0 Å². The van der Waals surface area contributed by atoms with Gasteiger partial charge in [-0.05, 0) is 40.9 Å². The van der Waals surface area contributed by atoms with Gasteiger partial charge in [-0.3, -0.25) is 4.79 Å². The zero-order valence-corrected chi connectivity index (χ0v) is 10.9. The minimum absolute atomic E-state index is 0.0998. The lowest BCUT2D eigenvalue weighted by atomic mass is 10.2. The van der Waals surface area contributed by atoms with Crippen molar-refractivity contribution in [3.8, 4) is 0 Å². The van der Waals surface area contributed by atoms with Crippen molar-refractivity contribution in [2.45, 2.75) is 32.4 Å². The smallest absolute Gasteiger partial charge is 0.238 e. The third kappa shape index (κ3) is 6.47. The Morgan fingerprint density at radius 3 is 2.13 bits per heavy atom. The van der Waals surface area contributed by atoms with E-state index < -0.39 is 0 Å². The molecule has 4 nitrogen and oxygen atoms in total. The summed E-state index contributed by atoms with van der Waals surface area (Å²) in [5.41, 5.74) is 0. The first-order valence-electron chi connectivity index (χ1n) is 5.46. The number of nitrogens with one attached hydrogen (secondary N) is 1. The highest BCUT2D eigenvalue weighted by Gasteiger charge is 2.16. The van der Waals surface area contributed by atoms with Gasteiger partial charge in [-0.15, -0.1) is 0 Å². The molecular formula is C11H25N3O. The van der Waals surface area contributed by atoms with Crippen molar-refractivity contribution in [3.63, 3.8) is 0 Å². The standard InChI is InChI=1S/C11H25N3O/c1-9(7-8-13(3)4)12-10(2)11(15)14(5)6/h9-10,12H,7-8H2,1-6H3. The Bertz CT molecular complexity index is 192. The van der Waals surface area contributed by atoms with E-state index in [2.05, 4.69) is 31.2 Å². The van der Waals surface area contributed by atoms with Crippen molar-refractivity contribution >= 4 is 5.91 Å². The maximum Gasteiger partial charge on any atom is 0.238 e. The summed E-state index contributed by atoms with van der Waals surface area (Å²) in [6, 6.07) is 0.267. The van der Waals surface area contributed by atoms with Gasteiger partial charge in [0.05, 0.1) is 6.04 Å². The highest BCUT2D eigenvalue weighted by molar-refractivity contribution is 5.80. The normalized spacial score (nSPS) is 15.1.